The fourth-order valence-corrected chi connectivity index (χ4v) is 2.25. The molecule has 1 aliphatic rings. The molecule has 6 heteroatoms. The van der Waals surface area contributed by atoms with Gasteiger partial charge in [-0.2, -0.15) is 0 Å². The van der Waals surface area contributed by atoms with Gasteiger partial charge in [0.2, 0.25) is 5.90 Å². The summed E-state index contributed by atoms with van der Waals surface area (Å²) in [5, 5.41) is 0.962. The van der Waals surface area contributed by atoms with E-state index in [1.807, 2.05) is 0 Å². The van der Waals surface area contributed by atoms with Gasteiger partial charge >= 0.3 is 5.97 Å². The Morgan fingerprint density at radius 1 is 1.19 bits per heavy atom. The lowest BCUT2D eigenvalue weighted by molar-refractivity contribution is -0.129. The van der Waals surface area contributed by atoms with Crippen LogP contribution in [0.4, 0.5) is 0 Å². The Bertz CT molecular complexity index is 770. The molecule has 4 nitrogen and oxygen atoms in total. The third kappa shape index (κ3) is 2.96. The molecule has 0 aliphatic carbocycles. The van der Waals surface area contributed by atoms with Gasteiger partial charge in [0.15, 0.2) is 5.70 Å². The second kappa shape index (κ2) is 5.68. The highest BCUT2D eigenvalue weighted by molar-refractivity contribution is 6.35. The van der Waals surface area contributed by atoms with Crippen LogP contribution in [0.15, 0.2) is 53.4 Å². The van der Waals surface area contributed by atoms with Gasteiger partial charge in [-0.3, -0.25) is 4.98 Å². The lowest BCUT2D eigenvalue weighted by Crippen LogP contribution is -2.05. The predicted octanol–water partition coefficient (Wildman–Crippen LogP) is 3.73. The molecule has 21 heavy (non-hydrogen) atoms. The normalized spacial score (nSPS) is 16.0. The van der Waals surface area contributed by atoms with Crippen LogP contribution >= 0.6 is 23.2 Å². The van der Waals surface area contributed by atoms with E-state index in [0.29, 0.717) is 21.2 Å². The standard InChI is InChI=1S/C15H8Cl2N2O2/c16-11-4-3-9(12(17)7-11)6-13-15(20)21-14(19-13)10-2-1-5-18-8-10/h1-8H/b13-6-. The molecular weight excluding hydrogens is 311 g/mol. The van der Waals surface area contributed by atoms with E-state index >= 15 is 0 Å². The predicted molar refractivity (Wildman–Crippen MR) is 81.3 cm³/mol. The molecule has 0 amide bonds. The Labute approximate surface area is 130 Å². The second-order valence-corrected chi connectivity index (χ2v) is 5.09. The number of cyclic esters (lactones) is 1. The number of hydrogen-bond acceptors (Lipinski definition) is 4. The van der Waals surface area contributed by atoms with Crippen molar-refractivity contribution < 1.29 is 9.53 Å². The third-order valence-electron chi connectivity index (χ3n) is 2.78. The molecule has 0 N–H and O–H groups in total. The van der Waals surface area contributed by atoms with E-state index in [-0.39, 0.29) is 11.6 Å². The largest absolute Gasteiger partial charge is 0.402 e. The van der Waals surface area contributed by atoms with Gasteiger partial charge < -0.3 is 4.74 Å². The summed E-state index contributed by atoms with van der Waals surface area (Å²) in [6, 6.07) is 8.50. The Balaban J connectivity index is 1.97. The molecule has 0 fully saturated rings. The molecule has 0 unspecified atom stereocenters. The number of aromatic nitrogens is 1. The van der Waals surface area contributed by atoms with Crippen LogP contribution in [0.25, 0.3) is 6.08 Å². The molecule has 104 valence electrons. The monoisotopic (exact) mass is 318 g/mol. The van der Waals surface area contributed by atoms with Crippen LogP contribution in [0.2, 0.25) is 10.0 Å². The zero-order valence-corrected chi connectivity index (χ0v) is 12.1. The number of esters is 1. The number of ether oxygens (including phenoxy) is 1. The maximum atomic E-state index is 11.8. The summed E-state index contributed by atoms with van der Waals surface area (Å²) in [6.07, 6.45) is 4.76. The van der Waals surface area contributed by atoms with E-state index < -0.39 is 5.97 Å². The fourth-order valence-electron chi connectivity index (χ4n) is 1.79. The maximum Gasteiger partial charge on any atom is 0.363 e. The van der Waals surface area contributed by atoms with Crippen molar-refractivity contribution in [3.05, 3.63) is 69.6 Å². The number of carbonyl (C=O) groups excluding carboxylic acids is 1. The first-order valence-electron chi connectivity index (χ1n) is 6.01. The smallest absolute Gasteiger partial charge is 0.363 e. The van der Waals surface area contributed by atoms with Crippen molar-refractivity contribution in [2.75, 3.05) is 0 Å². The maximum absolute atomic E-state index is 11.8. The third-order valence-corrected chi connectivity index (χ3v) is 3.35. The molecule has 0 spiro atoms. The minimum atomic E-state index is -0.528. The molecule has 0 bridgehead atoms. The van der Waals surface area contributed by atoms with E-state index in [0.717, 1.165) is 0 Å². The second-order valence-electron chi connectivity index (χ2n) is 4.24. The molecular formula is C15H8Cl2N2O2. The highest BCUT2D eigenvalue weighted by atomic mass is 35.5. The zero-order chi connectivity index (χ0) is 14.8. The summed E-state index contributed by atoms with van der Waals surface area (Å²) < 4.78 is 5.13. The fraction of sp³-hybridized carbons (Fsp3) is 0. The Kier molecular flexibility index (Phi) is 3.73. The highest BCUT2D eigenvalue weighted by Gasteiger charge is 2.24. The Morgan fingerprint density at radius 3 is 2.76 bits per heavy atom. The van der Waals surface area contributed by atoms with Gasteiger partial charge in [-0.05, 0) is 35.9 Å². The lowest BCUT2D eigenvalue weighted by Gasteiger charge is -1.98. The molecule has 2 aromatic rings. The van der Waals surface area contributed by atoms with Crippen molar-refractivity contribution in [3.63, 3.8) is 0 Å². The summed E-state index contributed by atoms with van der Waals surface area (Å²) in [7, 11) is 0. The van der Waals surface area contributed by atoms with Crippen molar-refractivity contribution in [2.45, 2.75) is 0 Å². The van der Waals surface area contributed by atoms with Crippen LogP contribution in [0.5, 0.6) is 0 Å². The van der Waals surface area contributed by atoms with Gasteiger partial charge in [0.25, 0.3) is 0 Å². The van der Waals surface area contributed by atoms with Crippen molar-refractivity contribution in [2.24, 2.45) is 4.99 Å². The number of nitrogens with zero attached hydrogens (tertiary/aromatic N) is 2. The van der Waals surface area contributed by atoms with Crippen LogP contribution in [-0.4, -0.2) is 16.9 Å². The van der Waals surface area contributed by atoms with Gasteiger partial charge in [0.1, 0.15) is 0 Å². The first-order valence-corrected chi connectivity index (χ1v) is 6.77. The Morgan fingerprint density at radius 2 is 2.05 bits per heavy atom. The van der Waals surface area contributed by atoms with E-state index in [1.165, 1.54) is 0 Å². The summed E-state index contributed by atoms with van der Waals surface area (Å²) in [5.74, 6) is -0.302. The molecule has 0 saturated carbocycles. The first-order chi connectivity index (χ1) is 10.1. The molecule has 1 aliphatic heterocycles. The summed E-state index contributed by atoms with van der Waals surface area (Å²) >= 11 is 11.9. The van der Waals surface area contributed by atoms with Crippen LogP contribution in [0, 0.1) is 0 Å². The number of aliphatic imine (C=N–C) groups is 1. The van der Waals surface area contributed by atoms with Gasteiger partial charge in [-0.1, -0.05) is 29.3 Å². The SMILES string of the molecule is O=C1OC(c2cccnc2)=N/C1=C\c1ccc(Cl)cc1Cl. The lowest BCUT2D eigenvalue weighted by atomic mass is 10.2. The number of rotatable bonds is 2. The summed E-state index contributed by atoms with van der Waals surface area (Å²) in [6.45, 7) is 0. The van der Waals surface area contributed by atoms with E-state index in [1.54, 1.807) is 48.8 Å². The van der Waals surface area contributed by atoms with Crippen molar-refractivity contribution >= 4 is 41.1 Å². The number of halogens is 2. The van der Waals surface area contributed by atoms with Crippen LogP contribution in [0.1, 0.15) is 11.1 Å². The Hall–Kier alpha value is -2.17. The average molecular weight is 319 g/mol. The molecule has 1 aromatic heterocycles. The summed E-state index contributed by atoms with van der Waals surface area (Å²) in [5.41, 5.74) is 1.46. The molecule has 1 aromatic carbocycles. The topological polar surface area (TPSA) is 51.5 Å². The van der Waals surface area contributed by atoms with Crippen molar-refractivity contribution in [3.8, 4) is 0 Å². The minimum absolute atomic E-state index is 0.179. The molecule has 0 atom stereocenters. The summed E-state index contributed by atoms with van der Waals surface area (Å²) in [4.78, 5) is 20.0. The zero-order valence-electron chi connectivity index (χ0n) is 10.6. The number of benzene rings is 1. The minimum Gasteiger partial charge on any atom is -0.402 e. The van der Waals surface area contributed by atoms with Crippen molar-refractivity contribution in [1.29, 1.82) is 0 Å². The number of pyridine rings is 1. The van der Waals surface area contributed by atoms with Crippen LogP contribution in [-0.2, 0) is 9.53 Å². The van der Waals surface area contributed by atoms with Gasteiger partial charge in [-0.25, -0.2) is 9.79 Å². The van der Waals surface area contributed by atoms with Crippen LogP contribution in [0.3, 0.4) is 0 Å². The number of carbonyl (C=O) groups is 1. The number of hydrogen-bond donors (Lipinski definition) is 0. The van der Waals surface area contributed by atoms with E-state index in [4.69, 9.17) is 27.9 Å². The molecule has 3 rings (SSSR count). The molecule has 2 heterocycles. The molecule has 0 saturated heterocycles. The van der Waals surface area contributed by atoms with Crippen LogP contribution < -0.4 is 0 Å². The van der Waals surface area contributed by atoms with E-state index in [9.17, 15) is 4.79 Å². The van der Waals surface area contributed by atoms with Crippen molar-refractivity contribution in [1.82, 2.24) is 4.98 Å². The quantitative estimate of drug-likeness (QED) is 0.626. The highest BCUT2D eigenvalue weighted by Crippen LogP contribution is 2.25. The first kappa shape index (κ1) is 13.8. The average Bonchev–Trinajstić information content (AvgIpc) is 2.84. The van der Waals surface area contributed by atoms with Gasteiger partial charge in [0, 0.05) is 22.4 Å². The van der Waals surface area contributed by atoms with Gasteiger partial charge in [-0.15, -0.1) is 0 Å². The van der Waals surface area contributed by atoms with E-state index in [2.05, 4.69) is 9.98 Å². The molecule has 0 radical (unpaired) electrons. The van der Waals surface area contributed by atoms with Gasteiger partial charge in [0.05, 0.1) is 5.56 Å².